The summed E-state index contributed by atoms with van der Waals surface area (Å²) in [6, 6.07) is 7.52. The Morgan fingerprint density at radius 2 is 1.78 bits per heavy atom. The highest BCUT2D eigenvalue weighted by atomic mass is 15.1. The van der Waals surface area contributed by atoms with Gasteiger partial charge in [-0.1, -0.05) is 6.07 Å². The molecule has 0 aliphatic carbocycles. The van der Waals surface area contributed by atoms with Gasteiger partial charge < -0.3 is 0 Å². The zero-order chi connectivity index (χ0) is 12.7. The van der Waals surface area contributed by atoms with Crippen molar-refractivity contribution in [1.29, 1.82) is 10.5 Å². The van der Waals surface area contributed by atoms with Crippen LogP contribution in [0.25, 0.3) is 16.9 Å². The molecular formula is C12H6N6. The molecule has 0 aromatic carbocycles. The van der Waals surface area contributed by atoms with Crippen molar-refractivity contribution < 1.29 is 0 Å². The Morgan fingerprint density at radius 3 is 2.50 bits per heavy atom. The quantitative estimate of drug-likeness (QED) is 0.585. The number of rotatable bonds is 0. The lowest BCUT2D eigenvalue weighted by Gasteiger charge is -1.96. The Morgan fingerprint density at radius 1 is 1.06 bits per heavy atom. The summed E-state index contributed by atoms with van der Waals surface area (Å²) in [5.74, 6) is 0. The second-order valence-corrected chi connectivity index (χ2v) is 3.79. The number of fused-ring (bicyclic) bond motifs is 3. The van der Waals surface area contributed by atoms with Gasteiger partial charge in [-0.3, -0.25) is 4.40 Å². The summed E-state index contributed by atoms with van der Waals surface area (Å²) in [5, 5.41) is 17.8. The predicted molar refractivity (Wildman–Crippen MR) is 62.5 cm³/mol. The summed E-state index contributed by atoms with van der Waals surface area (Å²) < 4.78 is 1.76. The fourth-order valence-electron chi connectivity index (χ4n) is 1.83. The molecule has 0 radical (unpaired) electrons. The molecule has 0 aliphatic rings. The van der Waals surface area contributed by atoms with E-state index in [1.807, 2.05) is 31.2 Å². The summed E-state index contributed by atoms with van der Waals surface area (Å²) in [4.78, 5) is 12.5. The van der Waals surface area contributed by atoms with Crippen LogP contribution in [0.4, 0.5) is 0 Å². The topological polar surface area (TPSA) is 90.7 Å². The minimum atomic E-state index is 0.00561. The highest BCUT2D eigenvalue weighted by Gasteiger charge is 2.13. The third kappa shape index (κ3) is 1.23. The molecule has 0 saturated carbocycles. The van der Waals surface area contributed by atoms with Crippen LogP contribution in [0.3, 0.4) is 0 Å². The van der Waals surface area contributed by atoms with E-state index in [1.54, 1.807) is 10.6 Å². The highest BCUT2D eigenvalue weighted by molar-refractivity contribution is 5.75. The maximum absolute atomic E-state index is 8.94. The van der Waals surface area contributed by atoms with E-state index in [2.05, 4.69) is 15.0 Å². The summed E-state index contributed by atoms with van der Waals surface area (Å²) >= 11 is 0. The molecule has 3 rings (SSSR count). The van der Waals surface area contributed by atoms with E-state index in [-0.39, 0.29) is 11.4 Å². The molecular weight excluding hydrogens is 228 g/mol. The number of hydrogen-bond acceptors (Lipinski definition) is 5. The molecule has 0 bridgehead atoms. The molecule has 0 fully saturated rings. The first-order valence-electron chi connectivity index (χ1n) is 5.20. The van der Waals surface area contributed by atoms with Crippen LogP contribution in [0.2, 0.25) is 0 Å². The van der Waals surface area contributed by atoms with Crippen molar-refractivity contribution in [1.82, 2.24) is 19.4 Å². The van der Waals surface area contributed by atoms with Crippen molar-refractivity contribution in [3.8, 4) is 12.1 Å². The number of pyridine rings is 1. The molecule has 0 aliphatic heterocycles. The Labute approximate surface area is 102 Å². The van der Waals surface area contributed by atoms with Gasteiger partial charge in [0.2, 0.25) is 0 Å². The van der Waals surface area contributed by atoms with E-state index < -0.39 is 0 Å². The zero-order valence-corrected chi connectivity index (χ0v) is 9.42. The van der Waals surface area contributed by atoms with Crippen LogP contribution >= 0.6 is 0 Å². The van der Waals surface area contributed by atoms with Gasteiger partial charge in [0.1, 0.15) is 17.8 Å². The summed E-state index contributed by atoms with van der Waals surface area (Å²) in [6.45, 7) is 1.93. The zero-order valence-electron chi connectivity index (χ0n) is 9.42. The fourth-order valence-corrected chi connectivity index (χ4v) is 1.83. The van der Waals surface area contributed by atoms with E-state index in [0.717, 1.165) is 11.2 Å². The van der Waals surface area contributed by atoms with E-state index >= 15 is 0 Å². The monoisotopic (exact) mass is 234 g/mol. The van der Waals surface area contributed by atoms with Gasteiger partial charge in [-0.2, -0.15) is 10.5 Å². The molecule has 3 heterocycles. The van der Waals surface area contributed by atoms with Crippen LogP contribution < -0.4 is 0 Å². The third-order valence-electron chi connectivity index (χ3n) is 2.67. The SMILES string of the molecule is Cc1cccn2c1nc1nc(C#N)c(C#N)nc12. The average Bonchev–Trinajstić information content (AvgIpc) is 2.76. The first-order valence-corrected chi connectivity index (χ1v) is 5.20. The minimum absolute atomic E-state index is 0.00561. The van der Waals surface area contributed by atoms with Crippen LogP contribution in [-0.4, -0.2) is 19.4 Å². The standard InChI is InChI=1S/C12H6N6/c1-7-3-2-4-18-11(7)17-10-12(18)16-9(6-14)8(5-13)15-10/h2-4H,1H3. The lowest BCUT2D eigenvalue weighted by molar-refractivity contribution is 1.13. The van der Waals surface area contributed by atoms with Crippen LogP contribution in [0.1, 0.15) is 17.0 Å². The molecule has 3 aromatic rings. The number of nitriles is 2. The normalized spacial score (nSPS) is 10.4. The lowest BCUT2D eigenvalue weighted by Crippen LogP contribution is -1.96. The number of hydrogen-bond donors (Lipinski definition) is 0. The fraction of sp³-hybridized carbons (Fsp3) is 0.0833. The lowest BCUT2D eigenvalue weighted by atomic mass is 10.3. The van der Waals surface area contributed by atoms with Crippen molar-refractivity contribution in [2.75, 3.05) is 0 Å². The van der Waals surface area contributed by atoms with Crippen molar-refractivity contribution >= 4 is 16.9 Å². The second-order valence-electron chi connectivity index (χ2n) is 3.79. The maximum Gasteiger partial charge on any atom is 0.199 e. The van der Waals surface area contributed by atoms with Gasteiger partial charge in [0.05, 0.1) is 0 Å². The number of imidazole rings is 1. The largest absolute Gasteiger partial charge is 0.282 e. The second kappa shape index (κ2) is 3.51. The Kier molecular flexibility index (Phi) is 1.98. The molecule has 0 amide bonds. The van der Waals surface area contributed by atoms with Crippen molar-refractivity contribution in [3.63, 3.8) is 0 Å². The maximum atomic E-state index is 8.94. The number of nitrogens with zero attached hydrogens (tertiary/aromatic N) is 6. The van der Waals surface area contributed by atoms with Crippen LogP contribution in [0, 0.1) is 29.6 Å². The van der Waals surface area contributed by atoms with Crippen LogP contribution in [-0.2, 0) is 0 Å². The smallest absolute Gasteiger partial charge is 0.199 e. The van der Waals surface area contributed by atoms with E-state index in [0.29, 0.717) is 11.3 Å². The van der Waals surface area contributed by atoms with Gasteiger partial charge in [0.25, 0.3) is 0 Å². The average molecular weight is 234 g/mol. The molecule has 0 spiro atoms. The first-order chi connectivity index (χ1) is 8.74. The van der Waals surface area contributed by atoms with E-state index in [9.17, 15) is 0 Å². The Bertz CT molecular complexity index is 862. The molecule has 0 unspecified atom stereocenters. The van der Waals surface area contributed by atoms with E-state index in [4.69, 9.17) is 10.5 Å². The highest BCUT2D eigenvalue weighted by Crippen LogP contribution is 2.17. The Balaban J connectivity index is 2.54. The molecule has 0 saturated heterocycles. The summed E-state index contributed by atoms with van der Waals surface area (Å²) in [5.41, 5.74) is 2.60. The van der Waals surface area contributed by atoms with Gasteiger partial charge in [0.15, 0.2) is 22.7 Å². The molecule has 0 atom stereocenters. The minimum Gasteiger partial charge on any atom is -0.282 e. The van der Waals surface area contributed by atoms with Crippen LogP contribution in [0.15, 0.2) is 18.3 Å². The van der Waals surface area contributed by atoms with Gasteiger partial charge >= 0.3 is 0 Å². The molecule has 3 aromatic heterocycles. The molecule has 6 nitrogen and oxygen atoms in total. The van der Waals surface area contributed by atoms with Gasteiger partial charge in [-0.15, -0.1) is 0 Å². The number of aromatic nitrogens is 4. The third-order valence-corrected chi connectivity index (χ3v) is 2.67. The molecule has 0 N–H and O–H groups in total. The van der Waals surface area contributed by atoms with E-state index in [1.165, 1.54) is 0 Å². The van der Waals surface area contributed by atoms with Crippen LogP contribution in [0.5, 0.6) is 0 Å². The molecule has 84 valence electrons. The number of aryl methyl sites for hydroxylation is 1. The van der Waals surface area contributed by atoms with Gasteiger partial charge in [0, 0.05) is 6.20 Å². The van der Waals surface area contributed by atoms with Gasteiger partial charge in [-0.05, 0) is 18.6 Å². The van der Waals surface area contributed by atoms with Crippen molar-refractivity contribution in [2.24, 2.45) is 0 Å². The Hall–Kier alpha value is -2.99. The van der Waals surface area contributed by atoms with Crippen molar-refractivity contribution in [3.05, 3.63) is 35.3 Å². The summed E-state index contributed by atoms with van der Waals surface area (Å²) in [6.07, 6.45) is 1.81. The molecule has 6 heteroatoms. The summed E-state index contributed by atoms with van der Waals surface area (Å²) in [7, 11) is 0. The first kappa shape index (κ1) is 10.2. The van der Waals surface area contributed by atoms with Crippen molar-refractivity contribution in [2.45, 2.75) is 6.92 Å². The molecule has 18 heavy (non-hydrogen) atoms. The predicted octanol–water partition coefficient (Wildman–Crippen LogP) is 1.33. The van der Waals surface area contributed by atoms with Gasteiger partial charge in [-0.25, -0.2) is 15.0 Å².